The number of carbonyl (C=O) groups is 2. The maximum Gasteiger partial charge on any atom is 0.317 e. The van der Waals surface area contributed by atoms with Gasteiger partial charge in [-0.2, -0.15) is 0 Å². The Labute approximate surface area is 124 Å². The van der Waals surface area contributed by atoms with Crippen LogP contribution in [0.2, 0.25) is 0 Å². The number of nitrogens with zero attached hydrogens (tertiary/aromatic N) is 1. The van der Waals surface area contributed by atoms with E-state index in [2.05, 4.69) is 5.32 Å². The van der Waals surface area contributed by atoms with Crippen LogP contribution in [0, 0.1) is 0 Å². The molecule has 0 aromatic heterocycles. The van der Waals surface area contributed by atoms with Crippen LogP contribution in [0.15, 0.2) is 24.3 Å². The molecule has 0 aliphatic carbocycles. The van der Waals surface area contributed by atoms with Gasteiger partial charge in [-0.05, 0) is 25.1 Å². The first-order valence-corrected chi connectivity index (χ1v) is 6.93. The molecule has 0 atom stereocenters. The topological polar surface area (TPSA) is 78.9 Å². The largest absolute Gasteiger partial charge is 0.495 e. The number of ether oxygens (including phenoxy) is 1. The Hall–Kier alpha value is -2.08. The van der Waals surface area contributed by atoms with Crippen LogP contribution in [-0.2, 0) is 9.59 Å². The fraction of sp³-hybridized carbons (Fsp3) is 0.467. The summed E-state index contributed by atoms with van der Waals surface area (Å²) in [6.07, 6.45) is 1.09. The summed E-state index contributed by atoms with van der Waals surface area (Å²) in [6, 6.07) is 7.16. The summed E-state index contributed by atoms with van der Waals surface area (Å²) >= 11 is 0. The van der Waals surface area contributed by atoms with Gasteiger partial charge in [0, 0.05) is 13.0 Å². The molecule has 1 rings (SSSR count). The molecule has 0 spiro atoms. The second-order valence-corrected chi connectivity index (χ2v) is 4.67. The molecule has 0 radical (unpaired) electrons. The van der Waals surface area contributed by atoms with Crippen LogP contribution >= 0.6 is 0 Å². The van der Waals surface area contributed by atoms with E-state index in [9.17, 15) is 9.59 Å². The highest BCUT2D eigenvalue weighted by molar-refractivity contribution is 5.92. The third-order valence-electron chi connectivity index (χ3n) is 2.93. The minimum Gasteiger partial charge on any atom is -0.495 e. The van der Waals surface area contributed by atoms with Gasteiger partial charge in [0.2, 0.25) is 5.91 Å². The van der Waals surface area contributed by atoms with Gasteiger partial charge in [0.05, 0.1) is 19.3 Å². The van der Waals surface area contributed by atoms with Gasteiger partial charge in [-0.25, -0.2) is 0 Å². The summed E-state index contributed by atoms with van der Waals surface area (Å²) in [5, 5.41) is 11.6. The van der Waals surface area contributed by atoms with E-state index >= 15 is 0 Å². The molecule has 0 fully saturated rings. The molecule has 1 amide bonds. The molecule has 2 N–H and O–H groups in total. The molecule has 116 valence electrons. The van der Waals surface area contributed by atoms with Crippen molar-refractivity contribution in [1.29, 1.82) is 0 Å². The van der Waals surface area contributed by atoms with Crippen LogP contribution in [0.3, 0.4) is 0 Å². The van der Waals surface area contributed by atoms with Crippen LogP contribution in [0.5, 0.6) is 5.75 Å². The Bertz CT molecular complexity index is 476. The molecule has 0 aliphatic rings. The van der Waals surface area contributed by atoms with Crippen LogP contribution in [-0.4, -0.2) is 48.6 Å². The Morgan fingerprint density at radius 1 is 1.29 bits per heavy atom. The Balaban J connectivity index is 2.50. The monoisotopic (exact) mass is 294 g/mol. The van der Waals surface area contributed by atoms with E-state index < -0.39 is 5.97 Å². The molecule has 0 bridgehead atoms. The Morgan fingerprint density at radius 3 is 2.62 bits per heavy atom. The first-order valence-electron chi connectivity index (χ1n) is 6.93. The first kappa shape index (κ1) is 17.0. The smallest absolute Gasteiger partial charge is 0.317 e. The molecule has 1 aromatic carbocycles. The van der Waals surface area contributed by atoms with E-state index in [4.69, 9.17) is 9.84 Å². The van der Waals surface area contributed by atoms with E-state index in [0.717, 1.165) is 6.42 Å². The minimum absolute atomic E-state index is 0.0459. The van der Waals surface area contributed by atoms with Crippen LogP contribution < -0.4 is 10.1 Å². The highest BCUT2D eigenvalue weighted by Gasteiger charge is 2.12. The van der Waals surface area contributed by atoms with Crippen molar-refractivity contribution in [3.8, 4) is 5.75 Å². The first-order chi connectivity index (χ1) is 10.1. The third-order valence-corrected chi connectivity index (χ3v) is 2.93. The van der Waals surface area contributed by atoms with Gasteiger partial charge in [0.25, 0.3) is 0 Å². The Kier molecular flexibility index (Phi) is 7.25. The Morgan fingerprint density at radius 2 is 2.00 bits per heavy atom. The van der Waals surface area contributed by atoms with Gasteiger partial charge in [-0.15, -0.1) is 0 Å². The highest BCUT2D eigenvalue weighted by atomic mass is 16.5. The van der Waals surface area contributed by atoms with Gasteiger partial charge >= 0.3 is 5.97 Å². The molecule has 0 saturated heterocycles. The number of amides is 1. The van der Waals surface area contributed by atoms with Crippen molar-refractivity contribution in [1.82, 2.24) is 4.90 Å². The average Bonchev–Trinajstić information content (AvgIpc) is 2.45. The van der Waals surface area contributed by atoms with Crippen molar-refractivity contribution in [2.75, 3.05) is 32.1 Å². The third kappa shape index (κ3) is 6.27. The maximum atomic E-state index is 11.9. The average molecular weight is 294 g/mol. The number of rotatable bonds is 9. The minimum atomic E-state index is -0.881. The predicted molar refractivity (Wildman–Crippen MR) is 80.6 cm³/mol. The van der Waals surface area contributed by atoms with Crippen molar-refractivity contribution in [2.24, 2.45) is 0 Å². The van der Waals surface area contributed by atoms with Gasteiger partial charge in [-0.3, -0.25) is 14.5 Å². The maximum absolute atomic E-state index is 11.9. The number of carbonyl (C=O) groups excluding carboxylic acids is 1. The van der Waals surface area contributed by atoms with Crippen molar-refractivity contribution in [2.45, 2.75) is 19.8 Å². The van der Waals surface area contributed by atoms with Gasteiger partial charge < -0.3 is 15.2 Å². The zero-order valence-electron chi connectivity index (χ0n) is 12.5. The fourth-order valence-corrected chi connectivity index (χ4v) is 2.00. The van der Waals surface area contributed by atoms with Crippen LogP contribution in [0.4, 0.5) is 5.69 Å². The number of methoxy groups -OCH3 is 1. The number of carboxylic acids is 1. The number of nitrogens with one attached hydrogen (secondary N) is 1. The molecule has 0 saturated carbocycles. The lowest BCUT2D eigenvalue weighted by Crippen LogP contribution is -2.33. The molecular weight excluding hydrogens is 272 g/mol. The van der Waals surface area contributed by atoms with Crippen molar-refractivity contribution < 1.29 is 19.4 Å². The van der Waals surface area contributed by atoms with Crippen LogP contribution in [0.1, 0.15) is 19.8 Å². The lowest BCUT2D eigenvalue weighted by molar-refractivity contribution is -0.138. The number of aliphatic carboxylic acids is 1. The summed E-state index contributed by atoms with van der Waals surface area (Å²) in [7, 11) is 1.54. The molecular formula is C15H22N2O4. The number of benzene rings is 1. The SMILES string of the molecule is CCCN(CCC(=O)Nc1ccccc1OC)CC(=O)O. The number of hydrogen-bond acceptors (Lipinski definition) is 4. The number of hydrogen-bond donors (Lipinski definition) is 2. The molecule has 6 heteroatoms. The molecule has 21 heavy (non-hydrogen) atoms. The van der Waals surface area contributed by atoms with Crippen molar-refractivity contribution in [3.63, 3.8) is 0 Å². The van der Waals surface area contributed by atoms with E-state index in [1.807, 2.05) is 19.1 Å². The van der Waals surface area contributed by atoms with Crippen molar-refractivity contribution >= 4 is 17.6 Å². The fourth-order valence-electron chi connectivity index (χ4n) is 2.00. The lowest BCUT2D eigenvalue weighted by atomic mass is 10.2. The molecule has 0 aliphatic heterocycles. The summed E-state index contributed by atoms with van der Waals surface area (Å²) in [6.45, 7) is 3.01. The van der Waals surface area contributed by atoms with Gasteiger partial charge in [-0.1, -0.05) is 19.1 Å². The lowest BCUT2D eigenvalue weighted by Gasteiger charge is -2.19. The van der Waals surface area contributed by atoms with Crippen molar-refractivity contribution in [3.05, 3.63) is 24.3 Å². The van der Waals surface area contributed by atoms with E-state index in [0.29, 0.717) is 24.5 Å². The summed E-state index contributed by atoms with van der Waals surface area (Å²) in [5.74, 6) is -0.443. The highest BCUT2D eigenvalue weighted by Crippen LogP contribution is 2.22. The number of para-hydroxylation sites is 2. The summed E-state index contributed by atoms with van der Waals surface area (Å²) < 4.78 is 5.16. The zero-order valence-corrected chi connectivity index (χ0v) is 12.5. The number of anilines is 1. The van der Waals surface area contributed by atoms with Crippen LogP contribution in [0.25, 0.3) is 0 Å². The van der Waals surface area contributed by atoms with E-state index in [1.165, 1.54) is 0 Å². The molecule has 6 nitrogen and oxygen atoms in total. The van der Waals surface area contributed by atoms with E-state index in [1.54, 1.807) is 24.1 Å². The molecule has 0 unspecified atom stereocenters. The van der Waals surface area contributed by atoms with Gasteiger partial charge in [0.15, 0.2) is 0 Å². The molecule has 1 aromatic rings. The van der Waals surface area contributed by atoms with Gasteiger partial charge in [0.1, 0.15) is 5.75 Å². The number of carboxylic acid groups (broad SMARTS) is 1. The second-order valence-electron chi connectivity index (χ2n) is 4.67. The predicted octanol–water partition coefficient (Wildman–Crippen LogP) is 1.82. The summed E-state index contributed by atoms with van der Waals surface area (Å²) in [4.78, 5) is 24.4. The van der Waals surface area contributed by atoms with E-state index in [-0.39, 0.29) is 18.9 Å². The standard InChI is InChI=1S/C15H22N2O4/c1-3-9-17(11-15(19)20)10-8-14(18)16-12-6-4-5-7-13(12)21-2/h4-7H,3,8-11H2,1-2H3,(H,16,18)(H,19,20). The summed E-state index contributed by atoms with van der Waals surface area (Å²) in [5.41, 5.74) is 0.616. The quantitative estimate of drug-likeness (QED) is 0.726. The second kappa shape index (κ2) is 8.97. The zero-order chi connectivity index (χ0) is 15.7. The molecule has 0 heterocycles. The normalized spacial score (nSPS) is 10.4.